The van der Waals surface area contributed by atoms with Crippen LogP contribution in [0.5, 0.6) is 0 Å². The molecule has 9 aromatic carbocycles. The number of nitrogens with zero attached hydrogens (tertiary/aromatic N) is 2. The maximum absolute atomic E-state index is 6.44. The number of benzene rings is 9. The van der Waals surface area contributed by atoms with Gasteiger partial charge in [0.1, 0.15) is 11.2 Å². The van der Waals surface area contributed by atoms with Crippen LogP contribution in [0.4, 0.5) is 34.1 Å². The standard InChI is InChI=1S/C54H33BN2OS/c1-7-24-50-40(12-1)42-16-9-14-38(53(42)58-50)34-26-30-36(31-27-34)56-46-20-5-3-18-44(46)55-45-19-4-6-21-47(45)57(49-23-11-22-48(56)52(49)55)37-32-28-35(29-33-37)39-15-10-17-43-41-13-2-8-25-51(41)59-54(39)43/h1-33H. The fraction of sp³-hybridized carbons (Fsp3) is 0. The van der Waals surface area contributed by atoms with E-state index in [4.69, 9.17) is 4.42 Å². The van der Waals surface area contributed by atoms with Crippen LogP contribution in [0.3, 0.4) is 0 Å². The summed E-state index contributed by atoms with van der Waals surface area (Å²) in [4.78, 5) is 4.93. The number of furan rings is 1. The predicted octanol–water partition coefficient (Wildman–Crippen LogP) is 13.4. The second kappa shape index (κ2) is 12.6. The van der Waals surface area contributed by atoms with E-state index in [-0.39, 0.29) is 6.71 Å². The maximum atomic E-state index is 6.44. The third-order valence-electron chi connectivity index (χ3n) is 12.5. The minimum absolute atomic E-state index is 0.0934. The summed E-state index contributed by atoms with van der Waals surface area (Å²) in [5.74, 6) is 0. The van der Waals surface area contributed by atoms with Gasteiger partial charge >= 0.3 is 0 Å². The van der Waals surface area contributed by atoms with E-state index >= 15 is 0 Å². The first-order valence-corrected chi connectivity index (χ1v) is 21.0. The monoisotopic (exact) mass is 768 g/mol. The second-order valence-electron chi connectivity index (χ2n) is 15.6. The molecule has 2 aromatic heterocycles. The molecule has 0 saturated heterocycles. The summed E-state index contributed by atoms with van der Waals surface area (Å²) in [7, 11) is 0. The molecule has 2 aliphatic rings. The van der Waals surface area contributed by atoms with E-state index in [0.717, 1.165) is 44.4 Å². The van der Waals surface area contributed by atoms with Gasteiger partial charge in [-0.15, -0.1) is 11.3 Å². The molecule has 0 spiro atoms. The molecule has 59 heavy (non-hydrogen) atoms. The van der Waals surface area contributed by atoms with Crippen molar-refractivity contribution in [1.82, 2.24) is 0 Å². The van der Waals surface area contributed by atoms with Crippen LogP contribution in [0, 0.1) is 0 Å². The molecule has 0 atom stereocenters. The quantitative estimate of drug-likeness (QED) is 0.166. The fourth-order valence-electron chi connectivity index (χ4n) is 9.92. The average Bonchev–Trinajstić information content (AvgIpc) is 3.88. The third kappa shape index (κ3) is 4.77. The Balaban J connectivity index is 0.938. The molecule has 0 fully saturated rings. The van der Waals surface area contributed by atoms with Crippen LogP contribution in [-0.2, 0) is 0 Å². The summed E-state index contributed by atoms with van der Waals surface area (Å²) in [5, 5.41) is 4.93. The SMILES string of the molecule is c1ccc2c(c1)B1c3ccccc3N(c3ccc(-c4cccc5c4sc4ccccc45)cc3)c3cccc(c31)N2c1ccc(-c2cccc3c2oc2ccccc23)cc1. The Morgan fingerprint density at radius 3 is 1.59 bits per heavy atom. The Labute approximate surface area is 345 Å². The smallest absolute Gasteiger partial charge is 0.252 e. The number of hydrogen-bond donors (Lipinski definition) is 0. The Kier molecular flexibility index (Phi) is 6.98. The first-order valence-electron chi connectivity index (χ1n) is 20.2. The Morgan fingerprint density at radius 1 is 0.390 bits per heavy atom. The van der Waals surface area contributed by atoms with Crippen molar-refractivity contribution in [3.63, 3.8) is 0 Å². The van der Waals surface area contributed by atoms with E-state index in [1.807, 2.05) is 23.5 Å². The van der Waals surface area contributed by atoms with Gasteiger partial charge in [-0.05, 0) is 93.7 Å². The summed E-state index contributed by atoms with van der Waals surface area (Å²) in [6.45, 7) is 0.0934. The highest BCUT2D eigenvalue weighted by molar-refractivity contribution is 7.26. The summed E-state index contributed by atoms with van der Waals surface area (Å²) in [6.07, 6.45) is 0. The molecule has 4 heterocycles. The van der Waals surface area contributed by atoms with Crippen molar-refractivity contribution >= 4 is 111 Å². The lowest BCUT2D eigenvalue weighted by Gasteiger charge is -2.44. The van der Waals surface area contributed by atoms with E-state index in [0.29, 0.717) is 0 Å². The third-order valence-corrected chi connectivity index (χ3v) is 13.7. The zero-order valence-corrected chi connectivity index (χ0v) is 32.7. The molecular formula is C54H33BN2OS. The van der Waals surface area contributed by atoms with E-state index in [9.17, 15) is 0 Å². The first kappa shape index (κ1) is 32.7. The maximum Gasteiger partial charge on any atom is 0.252 e. The Hall–Kier alpha value is -7.34. The lowest BCUT2D eigenvalue weighted by molar-refractivity contribution is 0.670. The van der Waals surface area contributed by atoms with Crippen molar-refractivity contribution in [2.75, 3.05) is 9.80 Å². The van der Waals surface area contributed by atoms with E-state index in [2.05, 4.69) is 198 Å². The zero-order chi connectivity index (χ0) is 38.6. The molecule has 0 amide bonds. The minimum Gasteiger partial charge on any atom is -0.455 e. The van der Waals surface area contributed by atoms with Gasteiger partial charge < -0.3 is 14.2 Å². The van der Waals surface area contributed by atoms with Crippen LogP contribution >= 0.6 is 11.3 Å². The van der Waals surface area contributed by atoms with Gasteiger partial charge in [0.15, 0.2) is 0 Å². The minimum atomic E-state index is 0.0934. The van der Waals surface area contributed by atoms with Gasteiger partial charge in [0.05, 0.1) is 0 Å². The fourth-order valence-corrected chi connectivity index (χ4v) is 11.2. The molecule has 3 nitrogen and oxygen atoms in total. The lowest BCUT2D eigenvalue weighted by atomic mass is 9.33. The number of fused-ring (bicyclic) bond motifs is 10. The first-order chi connectivity index (χ1) is 29.3. The van der Waals surface area contributed by atoms with Crippen LogP contribution in [0.2, 0.25) is 0 Å². The van der Waals surface area contributed by atoms with Gasteiger partial charge in [-0.25, -0.2) is 0 Å². The van der Waals surface area contributed by atoms with Crippen LogP contribution in [-0.4, -0.2) is 6.71 Å². The zero-order valence-electron chi connectivity index (χ0n) is 31.8. The van der Waals surface area contributed by atoms with Gasteiger partial charge in [0, 0.05) is 70.6 Å². The summed E-state index contributed by atoms with van der Waals surface area (Å²) in [6, 6.07) is 73.1. The van der Waals surface area contributed by atoms with Crippen LogP contribution in [0.25, 0.3) is 64.4 Å². The van der Waals surface area contributed by atoms with Crippen LogP contribution in [0.1, 0.15) is 0 Å². The van der Waals surface area contributed by atoms with Crippen molar-refractivity contribution in [3.8, 4) is 22.3 Å². The molecule has 5 heteroatoms. The van der Waals surface area contributed by atoms with Gasteiger partial charge in [-0.1, -0.05) is 140 Å². The van der Waals surface area contributed by atoms with E-state index in [1.54, 1.807) is 0 Å². The molecule has 0 N–H and O–H groups in total. The van der Waals surface area contributed by atoms with Gasteiger partial charge in [0.2, 0.25) is 0 Å². The molecule has 13 rings (SSSR count). The van der Waals surface area contributed by atoms with Gasteiger partial charge in [-0.2, -0.15) is 0 Å². The highest BCUT2D eigenvalue weighted by Gasteiger charge is 2.42. The van der Waals surface area contributed by atoms with Crippen molar-refractivity contribution in [2.45, 2.75) is 0 Å². The van der Waals surface area contributed by atoms with Gasteiger partial charge in [-0.3, -0.25) is 0 Å². The lowest BCUT2D eigenvalue weighted by Crippen LogP contribution is -2.61. The Morgan fingerprint density at radius 2 is 0.898 bits per heavy atom. The number of para-hydroxylation sites is 4. The van der Waals surface area contributed by atoms with E-state index in [1.165, 1.54) is 70.4 Å². The normalized spacial score (nSPS) is 13.0. The highest BCUT2D eigenvalue weighted by Crippen LogP contribution is 2.46. The van der Waals surface area contributed by atoms with Crippen molar-refractivity contribution in [2.24, 2.45) is 0 Å². The van der Waals surface area contributed by atoms with Crippen LogP contribution in [0.15, 0.2) is 205 Å². The molecule has 274 valence electrons. The molecular weight excluding hydrogens is 735 g/mol. The molecule has 0 saturated carbocycles. The molecule has 0 bridgehead atoms. The Bertz CT molecular complexity index is 3250. The van der Waals surface area contributed by atoms with E-state index < -0.39 is 0 Å². The second-order valence-corrected chi connectivity index (χ2v) is 16.6. The van der Waals surface area contributed by atoms with Crippen LogP contribution < -0.4 is 26.2 Å². The van der Waals surface area contributed by atoms with Gasteiger partial charge in [0.25, 0.3) is 6.71 Å². The van der Waals surface area contributed by atoms with Crippen molar-refractivity contribution in [3.05, 3.63) is 200 Å². The largest absolute Gasteiger partial charge is 0.455 e. The molecule has 0 aliphatic carbocycles. The highest BCUT2D eigenvalue weighted by atomic mass is 32.1. The topological polar surface area (TPSA) is 19.6 Å². The number of thiophene rings is 1. The molecule has 11 aromatic rings. The number of rotatable bonds is 4. The molecule has 0 radical (unpaired) electrons. The number of hydrogen-bond acceptors (Lipinski definition) is 4. The molecule has 2 aliphatic heterocycles. The number of anilines is 6. The summed E-state index contributed by atoms with van der Waals surface area (Å²) >= 11 is 1.88. The van der Waals surface area contributed by atoms with Crippen molar-refractivity contribution < 1.29 is 4.42 Å². The molecule has 0 unspecified atom stereocenters. The average molecular weight is 769 g/mol. The summed E-state index contributed by atoms with van der Waals surface area (Å²) in [5.41, 5.74) is 17.6. The van der Waals surface area contributed by atoms with Crippen molar-refractivity contribution in [1.29, 1.82) is 0 Å². The predicted molar refractivity (Wildman–Crippen MR) is 252 cm³/mol. The summed E-state index contributed by atoms with van der Waals surface area (Å²) < 4.78 is 9.10.